The molecule has 1 rings (SSSR count). The molecule has 0 amide bonds. The lowest BCUT2D eigenvalue weighted by molar-refractivity contribution is 0.347. The minimum absolute atomic E-state index is 0.792. The summed E-state index contributed by atoms with van der Waals surface area (Å²) >= 11 is 0. The first-order valence-electron chi connectivity index (χ1n) is 4.71. The van der Waals surface area contributed by atoms with E-state index in [4.69, 9.17) is 0 Å². The summed E-state index contributed by atoms with van der Waals surface area (Å²) in [4.78, 5) is 0. The van der Waals surface area contributed by atoms with E-state index in [0.717, 1.165) is 11.3 Å². The van der Waals surface area contributed by atoms with Gasteiger partial charge in [0.05, 0.1) is 0 Å². The molecule has 1 fully saturated rings. The average molecular weight is 142 g/mol. The fraction of sp³-hybridized carbons (Fsp3) is 1.00. The van der Waals surface area contributed by atoms with E-state index >= 15 is 0 Å². The van der Waals surface area contributed by atoms with Crippen molar-refractivity contribution in [3.05, 3.63) is 0 Å². The Morgan fingerprint density at radius 1 is 1.20 bits per heavy atom. The molecule has 0 heteroatoms. The van der Waals surface area contributed by atoms with Gasteiger partial charge in [-0.3, -0.25) is 0 Å². The molecule has 0 aromatic carbocycles. The van der Waals surface area contributed by atoms with Gasteiger partial charge in [0.15, 0.2) is 0 Å². The van der Waals surface area contributed by atoms with Crippen LogP contribution in [0.25, 0.3) is 0 Å². The molecule has 62 valence electrons. The van der Waals surface area contributed by atoms with E-state index in [9.17, 15) is 0 Å². The fourth-order valence-corrected chi connectivity index (χ4v) is 1.50. The van der Waals surface area contributed by atoms with Crippen molar-refractivity contribution in [2.75, 3.05) is 0 Å². The lowest BCUT2D eigenvalue weighted by Gasteiger charge is -2.15. The van der Waals surface area contributed by atoms with Crippen molar-refractivity contribution in [3.8, 4) is 0 Å². The molecule has 0 atom stereocenters. The van der Waals surface area contributed by atoms with Crippen LogP contribution in [-0.2, 0) is 0 Å². The molecule has 0 unspecified atom stereocenters. The third kappa shape index (κ3) is 2.00. The highest BCUT2D eigenvalue weighted by Crippen LogP contribution is 2.54. The highest BCUT2D eigenvalue weighted by Gasteiger charge is 2.42. The Hall–Kier alpha value is 0. The van der Waals surface area contributed by atoms with Gasteiger partial charge in [-0.15, -0.1) is 0 Å². The summed E-state index contributed by atoms with van der Waals surface area (Å²) in [6.07, 6.45) is 4.37. The molecule has 0 spiro atoms. The second kappa shape index (κ2) is 4.00. The molecular formula is C10H22. The first-order valence-corrected chi connectivity index (χ1v) is 4.71. The predicted molar refractivity (Wildman–Crippen MR) is 48.1 cm³/mol. The van der Waals surface area contributed by atoms with Crippen molar-refractivity contribution in [2.24, 2.45) is 11.3 Å². The smallest absolute Gasteiger partial charge is 0.0277 e. The largest absolute Gasteiger partial charge is 0.0683 e. The quantitative estimate of drug-likeness (QED) is 0.549. The normalized spacial score (nSPS) is 19.8. The molecule has 0 bridgehead atoms. The zero-order valence-electron chi connectivity index (χ0n) is 8.20. The summed E-state index contributed by atoms with van der Waals surface area (Å²) in [6.45, 7) is 11.0. The second-order valence-corrected chi connectivity index (χ2v) is 3.37. The Morgan fingerprint density at radius 2 is 1.60 bits per heavy atom. The topological polar surface area (TPSA) is 0 Å². The molecule has 0 aliphatic heterocycles. The van der Waals surface area contributed by atoms with E-state index in [1.807, 2.05) is 13.8 Å². The van der Waals surface area contributed by atoms with Gasteiger partial charge in [0.2, 0.25) is 0 Å². The van der Waals surface area contributed by atoms with Crippen molar-refractivity contribution in [2.45, 2.75) is 53.9 Å². The van der Waals surface area contributed by atoms with Crippen LogP contribution in [0.15, 0.2) is 0 Å². The first-order chi connectivity index (χ1) is 4.71. The Balaban J connectivity index is 0.000000371. The third-order valence-corrected chi connectivity index (χ3v) is 2.82. The summed E-state index contributed by atoms with van der Waals surface area (Å²) in [7, 11) is 0. The Morgan fingerprint density at radius 3 is 1.60 bits per heavy atom. The van der Waals surface area contributed by atoms with Crippen molar-refractivity contribution < 1.29 is 0 Å². The van der Waals surface area contributed by atoms with Crippen LogP contribution in [0, 0.1) is 11.3 Å². The maximum absolute atomic E-state index is 2.34. The molecule has 0 radical (unpaired) electrons. The molecule has 0 saturated heterocycles. The molecule has 1 aliphatic carbocycles. The van der Waals surface area contributed by atoms with Gasteiger partial charge in [-0.25, -0.2) is 0 Å². The maximum atomic E-state index is 2.34. The minimum Gasteiger partial charge on any atom is -0.0683 e. The SMILES string of the molecule is CC.CCC1(C(C)C)CC1. The monoisotopic (exact) mass is 142 g/mol. The zero-order chi connectivity index (χ0) is 8.20. The highest BCUT2D eigenvalue weighted by molar-refractivity contribution is 4.93. The highest BCUT2D eigenvalue weighted by atomic mass is 14.5. The zero-order valence-corrected chi connectivity index (χ0v) is 8.20. The summed E-state index contributed by atoms with van der Waals surface area (Å²) < 4.78 is 0. The van der Waals surface area contributed by atoms with Crippen LogP contribution in [0.4, 0.5) is 0 Å². The van der Waals surface area contributed by atoms with Crippen LogP contribution in [0.1, 0.15) is 53.9 Å². The third-order valence-electron chi connectivity index (χ3n) is 2.82. The Bertz CT molecular complexity index is 78.0. The van der Waals surface area contributed by atoms with Gasteiger partial charge in [0.1, 0.15) is 0 Å². The number of hydrogen-bond donors (Lipinski definition) is 0. The average Bonchev–Trinajstić information content (AvgIpc) is 2.71. The van der Waals surface area contributed by atoms with E-state index < -0.39 is 0 Å². The first kappa shape index (κ1) is 10.0. The molecule has 0 nitrogen and oxygen atoms in total. The summed E-state index contributed by atoms with van der Waals surface area (Å²) in [5, 5.41) is 0. The van der Waals surface area contributed by atoms with Crippen LogP contribution in [0.3, 0.4) is 0 Å². The molecule has 1 aliphatic rings. The lowest BCUT2D eigenvalue weighted by Crippen LogP contribution is -2.06. The summed E-state index contributed by atoms with van der Waals surface area (Å²) in [5.74, 6) is 0.924. The van der Waals surface area contributed by atoms with Crippen molar-refractivity contribution in [1.82, 2.24) is 0 Å². The Labute approximate surface area is 66.0 Å². The van der Waals surface area contributed by atoms with Gasteiger partial charge in [-0.2, -0.15) is 0 Å². The predicted octanol–water partition coefficient (Wildman–Crippen LogP) is 3.86. The van der Waals surface area contributed by atoms with Crippen molar-refractivity contribution in [1.29, 1.82) is 0 Å². The fourth-order valence-electron chi connectivity index (χ4n) is 1.50. The molecule has 1 saturated carbocycles. The van der Waals surface area contributed by atoms with Gasteiger partial charge >= 0.3 is 0 Å². The summed E-state index contributed by atoms with van der Waals surface area (Å²) in [6, 6.07) is 0. The number of hydrogen-bond acceptors (Lipinski definition) is 0. The second-order valence-electron chi connectivity index (χ2n) is 3.37. The van der Waals surface area contributed by atoms with E-state index in [1.165, 1.54) is 19.3 Å². The maximum Gasteiger partial charge on any atom is -0.0277 e. The molecule has 0 N–H and O–H groups in total. The Kier molecular flexibility index (Phi) is 4.00. The molecule has 0 heterocycles. The van der Waals surface area contributed by atoms with Gasteiger partial charge in [0, 0.05) is 0 Å². The molecule has 0 aromatic rings. The standard InChI is InChI=1S/C8H16.C2H6/c1-4-8(5-6-8)7(2)3;1-2/h7H,4-6H2,1-3H3;1-2H3. The number of rotatable bonds is 2. The molecular weight excluding hydrogens is 120 g/mol. The van der Waals surface area contributed by atoms with E-state index in [1.54, 1.807) is 0 Å². The van der Waals surface area contributed by atoms with Crippen molar-refractivity contribution in [3.63, 3.8) is 0 Å². The van der Waals surface area contributed by atoms with Crippen LogP contribution < -0.4 is 0 Å². The van der Waals surface area contributed by atoms with E-state index in [0.29, 0.717) is 0 Å². The molecule has 0 aromatic heterocycles. The van der Waals surface area contributed by atoms with E-state index in [-0.39, 0.29) is 0 Å². The summed E-state index contributed by atoms with van der Waals surface area (Å²) in [5.41, 5.74) is 0.792. The lowest BCUT2D eigenvalue weighted by atomic mass is 9.90. The van der Waals surface area contributed by atoms with Gasteiger partial charge in [-0.1, -0.05) is 41.0 Å². The van der Waals surface area contributed by atoms with Crippen LogP contribution >= 0.6 is 0 Å². The minimum atomic E-state index is 0.792. The van der Waals surface area contributed by atoms with Crippen LogP contribution in [0.5, 0.6) is 0 Å². The van der Waals surface area contributed by atoms with Crippen molar-refractivity contribution >= 4 is 0 Å². The van der Waals surface area contributed by atoms with E-state index in [2.05, 4.69) is 20.8 Å². The van der Waals surface area contributed by atoms with Gasteiger partial charge in [0.25, 0.3) is 0 Å². The molecule has 10 heavy (non-hydrogen) atoms. The van der Waals surface area contributed by atoms with Crippen LogP contribution in [0.2, 0.25) is 0 Å². The van der Waals surface area contributed by atoms with Gasteiger partial charge in [-0.05, 0) is 24.2 Å². The van der Waals surface area contributed by atoms with Crippen LogP contribution in [-0.4, -0.2) is 0 Å². The van der Waals surface area contributed by atoms with Gasteiger partial charge < -0.3 is 0 Å².